The first-order valence-electron chi connectivity index (χ1n) is 18.1. The van der Waals surface area contributed by atoms with Crippen LogP contribution in [-0.2, 0) is 0 Å². The van der Waals surface area contributed by atoms with E-state index < -0.39 is 0 Å². The molecular weight excluding hydrogens is 657 g/mol. The van der Waals surface area contributed by atoms with Crippen LogP contribution < -0.4 is 0 Å². The molecule has 0 bridgehead atoms. The quantitative estimate of drug-likeness (QED) is 0.185. The Labute approximate surface area is 312 Å². The average Bonchev–Trinajstić information content (AvgIpc) is 3.26. The summed E-state index contributed by atoms with van der Waals surface area (Å²) in [5.74, 6) is 1.86. The first kappa shape index (κ1) is 31.4. The van der Waals surface area contributed by atoms with Crippen molar-refractivity contribution in [1.29, 1.82) is 0 Å². The van der Waals surface area contributed by atoms with E-state index in [1.165, 1.54) is 37.7 Å². The molecule has 0 aliphatic carbocycles. The summed E-state index contributed by atoms with van der Waals surface area (Å²) in [4.78, 5) is 19.6. The third-order valence-corrected chi connectivity index (χ3v) is 10.2. The normalized spacial score (nSPS) is 11.3. The zero-order chi connectivity index (χ0) is 35.8. The second-order valence-corrected chi connectivity index (χ2v) is 13.4. The van der Waals surface area contributed by atoms with Crippen LogP contribution in [0.1, 0.15) is 0 Å². The summed E-state index contributed by atoms with van der Waals surface area (Å²) in [5.41, 5.74) is 4.91. The molecule has 0 amide bonds. The summed E-state index contributed by atoms with van der Waals surface area (Å²) in [5, 5.41) is 11.8. The number of rotatable bonds is 4. The number of nitrogens with zero attached hydrogens (tertiary/aromatic N) is 4. The standard InChI is InChI=1S/C50H32N4/c1-2-13-34(14-3-1)48-52-49(35-26-24-33(25-27-35)37-15-12-30-51-32-37)54-50(53-48)36-28-29-46-44-22-9-8-20-42(44)40-18-5-4-16-38(40)39-17-6-7-19-41(39)43-21-10-11-23-45(43)47(46)31-36/h1-32H. The van der Waals surface area contributed by atoms with Crippen molar-refractivity contribution in [2.45, 2.75) is 0 Å². The predicted molar refractivity (Wildman–Crippen MR) is 225 cm³/mol. The minimum atomic E-state index is 0.617. The number of aromatic nitrogens is 4. The fraction of sp³-hybridized carbons (Fsp3) is 0. The number of benzene rings is 7. The summed E-state index contributed by atoms with van der Waals surface area (Å²) in [7, 11) is 0. The number of pyridine rings is 1. The fourth-order valence-electron chi connectivity index (χ4n) is 7.65. The van der Waals surface area contributed by atoms with Crippen LogP contribution in [0.25, 0.3) is 99.2 Å². The van der Waals surface area contributed by atoms with E-state index in [0.717, 1.165) is 44.0 Å². The molecule has 0 aliphatic heterocycles. The van der Waals surface area contributed by atoms with E-state index in [0.29, 0.717) is 17.5 Å². The molecule has 10 rings (SSSR count). The van der Waals surface area contributed by atoms with Crippen molar-refractivity contribution >= 4 is 53.9 Å². The SMILES string of the molecule is c1ccc(-c2nc(-c3ccc(-c4cccnc4)cc3)nc(-c3ccc4c5ccccc5c5ccccc5c5ccccc5c5ccccc5c4c3)n2)cc1. The maximum atomic E-state index is 5.16. The topological polar surface area (TPSA) is 51.6 Å². The van der Waals surface area contributed by atoms with Gasteiger partial charge in [0.05, 0.1) is 0 Å². The molecule has 0 fully saturated rings. The molecule has 0 saturated heterocycles. The molecular formula is C50H32N4. The highest BCUT2D eigenvalue weighted by atomic mass is 15.0. The van der Waals surface area contributed by atoms with Gasteiger partial charge in [0.2, 0.25) is 0 Å². The Kier molecular flexibility index (Phi) is 7.77. The smallest absolute Gasteiger partial charge is 0.164 e. The first-order valence-corrected chi connectivity index (χ1v) is 18.1. The Hall–Kier alpha value is -7.30. The maximum Gasteiger partial charge on any atom is 0.164 e. The van der Waals surface area contributed by atoms with E-state index in [2.05, 4.69) is 151 Å². The monoisotopic (exact) mass is 688 g/mol. The van der Waals surface area contributed by atoms with Gasteiger partial charge < -0.3 is 0 Å². The van der Waals surface area contributed by atoms with Gasteiger partial charge in [-0.25, -0.2) is 15.0 Å². The van der Waals surface area contributed by atoms with Gasteiger partial charge in [-0.1, -0.05) is 170 Å². The predicted octanol–water partition coefficient (Wildman–Crippen LogP) is 12.8. The minimum Gasteiger partial charge on any atom is -0.264 e. The van der Waals surface area contributed by atoms with Crippen molar-refractivity contribution in [2.75, 3.05) is 0 Å². The van der Waals surface area contributed by atoms with E-state index in [4.69, 9.17) is 15.0 Å². The molecule has 0 aliphatic rings. The number of hydrogen-bond donors (Lipinski definition) is 0. The summed E-state index contributed by atoms with van der Waals surface area (Å²) in [6.45, 7) is 0. The van der Waals surface area contributed by atoms with Crippen LogP contribution >= 0.6 is 0 Å². The molecule has 2 heterocycles. The molecule has 0 atom stereocenters. The Morgan fingerprint density at radius 1 is 0.241 bits per heavy atom. The van der Waals surface area contributed by atoms with E-state index in [9.17, 15) is 0 Å². The van der Waals surface area contributed by atoms with E-state index >= 15 is 0 Å². The lowest BCUT2D eigenvalue weighted by Crippen LogP contribution is -2.00. The van der Waals surface area contributed by atoms with Gasteiger partial charge in [0.25, 0.3) is 0 Å². The number of hydrogen-bond acceptors (Lipinski definition) is 4. The zero-order valence-electron chi connectivity index (χ0n) is 29.3. The van der Waals surface area contributed by atoms with Crippen LogP contribution in [0.15, 0.2) is 194 Å². The second-order valence-electron chi connectivity index (χ2n) is 13.4. The van der Waals surface area contributed by atoms with Crippen LogP contribution in [0.2, 0.25) is 0 Å². The molecule has 0 saturated carbocycles. The highest BCUT2D eigenvalue weighted by molar-refractivity contribution is 6.26. The molecule has 4 nitrogen and oxygen atoms in total. The van der Waals surface area contributed by atoms with Crippen molar-refractivity contribution in [1.82, 2.24) is 19.9 Å². The molecule has 252 valence electrons. The lowest BCUT2D eigenvalue weighted by atomic mass is 9.94. The van der Waals surface area contributed by atoms with Crippen molar-refractivity contribution in [3.63, 3.8) is 0 Å². The minimum absolute atomic E-state index is 0.617. The summed E-state index contributed by atoms with van der Waals surface area (Å²) >= 11 is 0. The molecule has 54 heavy (non-hydrogen) atoms. The zero-order valence-corrected chi connectivity index (χ0v) is 29.3. The van der Waals surface area contributed by atoms with Crippen LogP contribution in [0.4, 0.5) is 0 Å². The maximum absolute atomic E-state index is 5.16. The van der Waals surface area contributed by atoms with Gasteiger partial charge >= 0.3 is 0 Å². The van der Waals surface area contributed by atoms with Crippen molar-refractivity contribution in [3.8, 4) is 45.3 Å². The molecule has 8 aromatic carbocycles. The molecule has 0 N–H and O–H groups in total. The first-order chi connectivity index (χ1) is 26.8. The third-order valence-electron chi connectivity index (χ3n) is 10.2. The van der Waals surface area contributed by atoms with Gasteiger partial charge in [-0.2, -0.15) is 0 Å². The molecule has 2 aromatic heterocycles. The van der Waals surface area contributed by atoms with Crippen LogP contribution in [-0.4, -0.2) is 19.9 Å². The van der Waals surface area contributed by atoms with Crippen LogP contribution in [0, 0.1) is 0 Å². The lowest BCUT2D eigenvalue weighted by Gasteiger charge is -2.12. The van der Waals surface area contributed by atoms with Crippen molar-refractivity contribution in [2.24, 2.45) is 0 Å². The Balaban J connectivity index is 1.28. The summed E-state index contributed by atoms with van der Waals surface area (Å²) in [6, 6.07) is 64.2. The van der Waals surface area contributed by atoms with Gasteiger partial charge in [-0.15, -0.1) is 0 Å². The van der Waals surface area contributed by atoms with Gasteiger partial charge in [-0.3, -0.25) is 4.98 Å². The van der Waals surface area contributed by atoms with Crippen LogP contribution in [0.5, 0.6) is 0 Å². The molecule has 10 aromatic rings. The van der Waals surface area contributed by atoms with Crippen molar-refractivity contribution in [3.05, 3.63) is 194 Å². The highest BCUT2D eigenvalue weighted by Crippen LogP contribution is 2.37. The molecule has 0 radical (unpaired) electrons. The van der Waals surface area contributed by atoms with Crippen molar-refractivity contribution < 1.29 is 0 Å². The van der Waals surface area contributed by atoms with Gasteiger partial charge in [0.1, 0.15) is 0 Å². The van der Waals surface area contributed by atoms with Gasteiger partial charge in [0.15, 0.2) is 17.5 Å². The molecule has 0 spiro atoms. The number of fused-ring (bicyclic) bond motifs is 10. The highest BCUT2D eigenvalue weighted by Gasteiger charge is 2.15. The lowest BCUT2D eigenvalue weighted by molar-refractivity contribution is 1.07. The largest absolute Gasteiger partial charge is 0.264 e. The molecule has 0 unspecified atom stereocenters. The fourth-order valence-corrected chi connectivity index (χ4v) is 7.65. The van der Waals surface area contributed by atoms with Gasteiger partial charge in [-0.05, 0) is 77.1 Å². The average molecular weight is 689 g/mol. The summed E-state index contributed by atoms with van der Waals surface area (Å²) < 4.78 is 0. The third kappa shape index (κ3) is 5.58. The van der Waals surface area contributed by atoms with E-state index in [1.807, 2.05) is 42.6 Å². The molecule has 4 heteroatoms. The van der Waals surface area contributed by atoms with E-state index in [1.54, 1.807) is 6.20 Å². The second kappa shape index (κ2) is 13.4. The Morgan fingerprint density at radius 3 is 1.06 bits per heavy atom. The Bertz CT molecular complexity index is 3010. The van der Waals surface area contributed by atoms with Crippen LogP contribution in [0.3, 0.4) is 0 Å². The Morgan fingerprint density at radius 2 is 0.593 bits per heavy atom. The summed E-state index contributed by atoms with van der Waals surface area (Å²) in [6.07, 6.45) is 3.67. The van der Waals surface area contributed by atoms with Gasteiger partial charge in [0, 0.05) is 29.1 Å². The van der Waals surface area contributed by atoms with E-state index in [-0.39, 0.29) is 0 Å².